The van der Waals surface area contributed by atoms with Crippen LogP contribution in [0.1, 0.15) is 15.9 Å². The van der Waals surface area contributed by atoms with Crippen LogP contribution in [0.25, 0.3) is 0 Å². The predicted molar refractivity (Wildman–Crippen MR) is 102 cm³/mol. The van der Waals surface area contributed by atoms with E-state index in [0.717, 1.165) is 0 Å². The number of likely N-dealkylation sites (N-methyl/N-ethyl adjacent to an activating group) is 1. The third-order valence-electron chi connectivity index (χ3n) is 3.53. The van der Waals surface area contributed by atoms with Crippen molar-refractivity contribution in [3.8, 4) is 0 Å². The van der Waals surface area contributed by atoms with Crippen molar-refractivity contribution in [1.82, 2.24) is 15.8 Å². The molecule has 0 unspecified atom stereocenters. The number of carbonyl (C=O) groups excluding carboxylic acids is 2. The SMILES string of the molecule is CN(CC(=O)NNC(=O)c1ccccc1Cl)Cc1cc([N+](=O)[O-])ccc1Cl. The average Bonchev–Trinajstić information content (AvgIpc) is 2.61. The zero-order valence-electron chi connectivity index (χ0n) is 14.2. The van der Waals surface area contributed by atoms with Crippen molar-refractivity contribution in [2.75, 3.05) is 13.6 Å². The minimum absolute atomic E-state index is 0.0676. The van der Waals surface area contributed by atoms with Gasteiger partial charge in [0.05, 0.1) is 22.1 Å². The van der Waals surface area contributed by atoms with Crippen LogP contribution < -0.4 is 10.9 Å². The summed E-state index contributed by atoms with van der Waals surface area (Å²) in [5, 5.41) is 11.5. The van der Waals surface area contributed by atoms with E-state index in [4.69, 9.17) is 23.2 Å². The molecule has 2 N–H and O–H groups in total. The summed E-state index contributed by atoms with van der Waals surface area (Å²) in [6.07, 6.45) is 0. The van der Waals surface area contributed by atoms with Gasteiger partial charge in [-0.3, -0.25) is 35.5 Å². The van der Waals surface area contributed by atoms with Crippen molar-refractivity contribution in [1.29, 1.82) is 0 Å². The number of benzene rings is 2. The number of nitro benzene ring substituents is 1. The summed E-state index contributed by atoms with van der Waals surface area (Å²) < 4.78 is 0. The van der Waals surface area contributed by atoms with Crippen molar-refractivity contribution in [3.63, 3.8) is 0 Å². The summed E-state index contributed by atoms with van der Waals surface area (Å²) in [6.45, 7) is 0.147. The molecule has 0 aromatic heterocycles. The maximum absolute atomic E-state index is 12.0. The van der Waals surface area contributed by atoms with Crippen LogP contribution in [0.4, 0.5) is 5.69 Å². The Labute approximate surface area is 165 Å². The van der Waals surface area contributed by atoms with Crippen LogP contribution in [-0.4, -0.2) is 35.2 Å². The highest BCUT2D eigenvalue weighted by atomic mass is 35.5. The van der Waals surface area contributed by atoms with Crippen LogP contribution in [0.15, 0.2) is 42.5 Å². The Bertz CT molecular complexity index is 876. The number of nitrogens with one attached hydrogen (secondary N) is 2. The predicted octanol–water partition coefficient (Wildman–Crippen LogP) is 2.79. The van der Waals surface area contributed by atoms with E-state index < -0.39 is 16.7 Å². The lowest BCUT2D eigenvalue weighted by Crippen LogP contribution is -2.45. The molecule has 0 aliphatic carbocycles. The molecule has 0 bridgehead atoms. The highest BCUT2D eigenvalue weighted by molar-refractivity contribution is 6.33. The summed E-state index contributed by atoms with van der Waals surface area (Å²) in [5.74, 6) is -1.02. The van der Waals surface area contributed by atoms with E-state index in [1.807, 2.05) is 0 Å². The van der Waals surface area contributed by atoms with E-state index in [0.29, 0.717) is 10.6 Å². The van der Waals surface area contributed by atoms with Gasteiger partial charge in [-0.1, -0.05) is 35.3 Å². The third-order valence-corrected chi connectivity index (χ3v) is 4.23. The number of nitrogens with zero attached hydrogens (tertiary/aromatic N) is 2. The number of carbonyl (C=O) groups is 2. The molecule has 0 aliphatic rings. The summed E-state index contributed by atoms with van der Waals surface area (Å²) in [4.78, 5) is 35.9. The topological polar surface area (TPSA) is 105 Å². The smallest absolute Gasteiger partial charge is 0.271 e. The van der Waals surface area contributed by atoms with E-state index in [9.17, 15) is 19.7 Å². The third kappa shape index (κ3) is 5.92. The van der Waals surface area contributed by atoms with Crippen LogP contribution >= 0.6 is 23.2 Å². The standard InChI is InChI=1S/C17H16Cl2N4O4/c1-22(9-11-8-12(23(26)27)6-7-14(11)18)10-16(24)20-21-17(25)13-4-2-3-5-15(13)19/h2-8H,9-10H2,1H3,(H,20,24)(H,21,25). The molecule has 27 heavy (non-hydrogen) atoms. The van der Waals surface area contributed by atoms with Gasteiger partial charge in [-0.05, 0) is 30.8 Å². The number of nitro groups is 1. The molecule has 0 fully saturated rings. The van der Waals surface area contributed by atoms with Crippen LogP contribution in [0, 0.1) is 10.1 Å². The van der Waals surface area contributed by atoms with Crippen molar-refractivity contribution >= 4 is 40.7 Å². The molecule has 8 nitrogen and oxygen atoms in total. The van der Waals surface area contributed by atoms with E-state index >= 15 is 0 Å². The van der Waals surface area contributed by atoms with E-state index in [2.05, 4.69) is 10.9 Å². The van der Waals surface area contributed by atoms with Crippen LogP contribution in [0.2, 0.25) is 10.0 Å². The number of halogens is 2. The molecule has 0 aliphatic heterocycles. The Morgan fingerprint density at radius 1 is 1.11 bits per heavy atom. The van der Waals surface area contributed by atoms with E-state index in [-0.39, 0.29) is 29.4 Å². The van der Waals surface area contributed by atoms with Crippen LogP contribution in [-0.2, 0) is 11.3 Å². The monoisotopic (exact) mass is 410 g/mol. The largest absolute Gasteiger partial charge is 0.293 e. The lowest BCUT2D eigenvalue weighted by atomic mass is 10.2. The minimum atomic E-state index is -0.543. The molecule has 0 heterocycles. The molecule has 0 radical (unpaired) electrons. The van der Waals surface area contributed by atoms with Gasteiger partial charge in [0.25, 0.3) is 17.5 Å². The average molecular weight is 411 g/mol. The first kappa shape index (κ1) is 20.6. The molecule has 0 saturated heterocycles. The van der Waals surface area contributed by atoms with Gasteiger partial charge in [-0.25, -0.2) is 0 Å². The van der Waals surface area contributed by atoms with Gasteiger partial charge >= 0.3 is 0 Å². The second kappa shape index (κ2) is 9.31. The maximum Gasteiger partial charge on any atom is 0.271 e. The highest BCUT2D eigenvalue weighted by Crippen LogP contribution is 2.23. The second-order valence-electron chi connectivity index (χ2n) is 5.69. The van der Waals surface area contributed by atoms with Crippen molar-refractivity contribution in [2.45, 2.75) is 6.54 Å². The van der Waals surface area contributed by atoms with Gasteiger partial charge in [0, 0.05) is 23.7 Å². The summed E-state index contributed by atoms with van der Waals surface area (Å²) in [7, 11) is 1.64. The van der Waals surface area contributed by atoms with E-state index in [1.54, 1.807) is 30.1 Å². The molecular weight excluding hydrogens is 395 g/mol. The molecule has 0 spiro atoms. The molecule has 10 heteroatoms. The molecule has 2 aromatic rings. The van der Waals surface area contributed by atoms with Crippen molar-refractivity contribution in [2.24, 2.45) is 0 Å². The fourth-order valence-electron chi connectivity index (χ4n) is 2.27. The lowest BCUT2D eigenvalue weighted by Gasteiger charge is -2.17. The first-order valence-corrected chi connectivity index (χ1v) is 8.48. The zero-order chi connectivity index (χ0) is 20.0. The second-order valence-corrected chi connectivity index (χ2v) is 6.50. The van der Waals surface area contributed by atoms with Gasteiger partial charge in [0.15, 0.2) is 0 Å². The van der Waals surface area contributed by atoms with Gasteiger partial charge in [0.1, 0.15) is 0 Å². The molecule has 142 valence electrons. The number of non-ortho nitro benzene ring substituents is 1. The minimum Gasteiger partial charge on any atom is -0.293 e. The summed E-state index contributed by atoms with van der Waals surface area (Å²) >= 11 is 12.0. The summed E-state index contributed by atoms with van der Waals surface area (Å²) in [5.41, 5.74) is 5.23. The molecule has 0 atom stereocenters. The first-order chi connectivity index (χ1) is 12.8. The molecule has 2 aromatic carbocycles. The zero-order valence-corrected chi connectivity index (χ0v) is 15.8. The first-order valence-electron chi connectivity index (χ1n) is 7.73. The number of hydrogen-bond donors (Lipinski definition) is 2. The molecule has 0 saturated carbocycles. The fourth-order valence-corrected chi connectivity index (χ4v) is 2.67. The van der Waals surface area contributed by atoms with Crippen molar-refractivity contribution in [3.05, 3.63) is 73.8 Å². The molecule has 2 rings (SSSR count). The number of hydrogen-bond acceptors (Lipinski definition) is 5. The number of amides is 2. The van der Waals surface area contributed by atoms with Crippen LogP contribution in [0.3, 0.4) is 0 Å². The molecule has 2 amide bonds. The highest BCUT2D eigenvalue weighted by Gasteiger charge is 2.14. The number of rotatable bonds is 6. The fraction of sp³-hybridized carbons (Fsp3) is 0.176. The Hall–Kier alpha value is -2.68. The number of hydrazine groups is 1. The summed E-state index contributed by atoms with van der Waals surface area (Å²) in [6, 6.07) is 10.5. The van der Waals surface area contributed by atoms with Gasteiger partial charge in [-0.15, -0.1) is 0 Å². The maximum atomic E-state index is 12.0. The Morgan fingerprint density at radius 2 is 1.81 bits per heavy atom. The quantitative estimate of drug-likeness (QED) is 0.562. The van der Waals surface area contributed by atoms with Gasteiger partial charge < -0.3 is 0 Å². The normalized spacial score (nSPS) is 10.5. The molecular formula is C17H16Cl2N4O4. The van der Waals surface area contributed by atoms with Crippen molar-refractivity contribution < 1.29 is 14.5 Å². The lowest BCUT2D eigenvalue weighted by molar-refractivity contribution is -0.384. The van der Waals surface area contributed by atoms with Gasteiger partial charge in [-0.2, -0.15) is 0 Å². The Kier molecular flexibility index (Phi) is 7.12. The van der Waals surface area contributed by atoms with E-state index in [1.165, 1.54) is 24.3 Å². The van der Waals surface area contributed by atoms with Crippen LogP contribution in [0.5, 0.6) is 0 Å². The Morgan fingerprint density at radius 3 is 2.48 bits per heavy atom. The Balaban J connectivity index is 1.89. The van der Waals surface area contributed by atoms with Gasteiger partial charge in [0.2, 0.25) is 0 Å².